The Morgan fingerprint density at radius 3 is 2.65 bits per heavy atom. The fraction of sp³-hybridized carbons (Fsp3) is 0.190. The molecule has 0 radical (unpaired) electrons. The van der Waals surface area contributed by atoms with E-state index in [-0.39, 0.29) is 12.4 Å². The minimum Gasteiger partial charge on any atom is -0.463 e. The summed E-state index contributed by atoms with van der Waals surface area (Å²) in [6.07, 6.45) is 3.37. The molecule has 0 saturated heterocycles. The van der Waals surface area contributed by atoms with E-state index in [1.807, 2.05) is 43.3 Å². The largest absolute Gasteiger partial charge is 0.463 e. The molecule has 1 aromatic heterocycles. The molecule has 0 amide bonds. The van der Waals surface area contributed by atoms with Gasteiger partial charge in [0.05, 0.1) is 23.8 Å². The van der Waals surface area contributed by atoms with Crippen LogP contribution in [0.1, 0.15) is 41.3 Å². The highest BCUT2D eigenvalue weighted by Crippen LogP contribution is 2.46. The van der Waals surface area contributed by atoms with Gasteiger partial charge in [-0.25, -0.2) is 4.79 Å². The average Bonchev–Trinajstić information content (AvgIpc) is 2.94. The van der Waals surface area contributed by atoms with Gasteiger partial charge in [0, 0.05) is 34.8 Å². The van der Waals surface area contributed by atoms with Crippen LogP contribution >= 0.6 is 0 Å². The SMILES string of the molecule is CCOC(=O)C1=C(C)NC2=C(C(=O)c3ccccc32)[C@H]1c1cccnc1. The first-order valence-electron chi connectivity index (χ1n) is 8.56. The van der Waals surface area contributed by atoms with E-state index in [2.05, 4.69) is 10.3 Å². The van der Waals surface area contributed by atoms with E-state index >= 15 is 0 Å². The summed E-state index contributed by atoms with van der Waals surface area (Å²) in [5, 5.41) is 3.27. The Morgan fingerprint density at radius 2 is 1.96 bits per heavy atom. The molecule has 130 valence electrons. The predicted octanol–water partition coefficient (Wildman–Crippen LogP) is 3.21. The maximum absolute atomic E-state index is 13.2. The summed E-state index contributed by atoms with van der Waals surface area (Å²) in [7, 11) is 0. The molecule has 2 aromatic rings. The Morgan fingerprint density at radius 1 is 1.19 bits per heavy atom. The molecule has 0 fully saturated rings. The van der Waals surface area contributed by atoms with Crippen LogP contribution in [-0.2, 0) is 9.53 Å². The number of rotatable bonds is 3. The quantitative estimate of drug-likeness (QED) is 0.865. The minimum atomic E-state index is -0.501. The first-order chi connectivity index (χ1) is 12.6. The highest BCUT2D eigenvalue weighted by molar-refractivity contribution is 6.23. The molecule has 0 unspecified atom stereocenters. The number of allylic oxidation sites excluding steroid dienone is 2. The highest BCUT2D eigenvalue weighted by Gasteiger charge is 2.42. The van der Waals surface area contributed by atoms with E-state index in [9.17, 15) is 9.59 Å². The molecular formula is C21H18N2O3. The maximum Gasteiger partial charge on any atom is 0.336 e. The third kappa shape index (κ3) is 2.36. The van der Waals surface area contributed by atoms with Crippen LogP contribution < -0.4 is 5.32 Å². The highest BCUT2D eigenvalue weighted by atomic mass is 16.5. The van der Waals surface area contributed by atoms with Crippen LogP contribution in [0.25, 0.3) is 5.70 Å². The third-order valence-corrected chi connectivity index (χ3v) is 4.76. The molecule has 0 spiro atoms. The Hall–Kier alpha value is -3.21. The Labute approximate surface area is 151 Å². The number of ether oxygens (including phenoxy) is 1. The second kappa shape index (κ2) is 6.26. The van der Waals surface area contributed by atoms with Gasteiger partial charge in [-0.05, 0) is 25.5 Å². The number of ketones is 1. The number of pyridine rings is 1. The molecular weight excluding hydrogens is 328 g/mol. The normalized spacial score (nSPS) is 18.4. The van der Waals surface area contributed by atoms with Crippen molar-refractivity contribution in [3.8, 4) is 0 Å². The lowest BCUT2D eigenvalue weighted by Gasteiger charge is -2.29. The van der Waals surface area contributed by atoms with Crippen LogP contribution in [0.3, 0.4) is 0 Å². The third-order valence-electron chi connectivity index (χ3n) is 4.76. The topological polar surface area (TPSA) is 68.3 Å². The Kier molecular flexibility index (Phi) is 3.92. The summed E-state index contributed by atoms with van der Waals surface area (Å²) in [6.45, 7) is 3.88. The van der Waals surface area contributed by atoms with E-state index in [1.54, 1.807) is 19.3 Å². The average molecular weight is 346 g/mol. The number of carbonyl (C=O) groups excluding carboxylic acids is 2. The van der Waals surface area contributed by atoms with Gasteiger partial charge in [0.25, 0.3) is 0 Å². The van der Waals surface area contributed by atoms with E-state index < -0.39 is 11.9 Å². The molecule has 4 rings (SSSR count). The van der Waals surface area contributed by atoms with Gasteiger partial charge in [-0.15, -0.1) is 0 Å². The first kappa shape index (κ1) is 16.3. The van der Waals surface area contributed by atoms with E-state index in [4.69, 9.17) is 4.74 Å². The van der Waals surface area contributed by atoms with E-state index in [0.29, 0.717) is 22.4 Å². The molecule has 5 nitrogen and oxygen atoms in total. The second-order valence-corrected chi connectivity index (χ2v) is 6.27. The molecule has 5 heteroatoms. The zero-order chi connectivity index (χ0) is 18.3. The van der Waals surface area contributed by atoms with Crippen molar-refractivity contribution in [2.75, 3.05) is 6.61 Å². The molecule has 2 aliphatic rings. The number of esters is 1. The summed E-state index contributed by atoms with van der Waals surface area (Å²) in [4.78, 5) is 30.0. The van der Waals surface area contributed by atoms with Gasteiger partial charge in [0.15, 0.2) is 5.78 Å². The molecule has 2 heterocycles. The van der Waals surface area contributed by atoms with Gasteiger partial charge in [0.2, 0.25) is 0 Å². The fourth-order valence-electron chi connectivity index (χ4n) is 3.69. The standard InChI is InChI=1S/C21H18N2O3/c1-3-26-21(25)16-12(2)23-19-14-8-4-5-9-15(14)20(24)18(19)17(16)13-7-6-10-22-11-13/h4-11,17,23H,3H2,1-2H3/t17-/m0/s1. The molecule has 1 aromatic carbocycles. The Bertz CT molecular complexity index is 974. The number of carbonyl (C=O) groups is 2. The van der Waals surface area contributed by atoms with Crippen molar-refractivity contribution in [1.29, 1.82) is 0 Å². The zero-order valence-electron chi connectivity index (χ0n) is 14.6. The number of dihydropyridines is 1. The van der Waals surface area contributed by atoms with Crippen molar-refractivity contribution in [1.82, 2.24) is 10.3 Å². The van der Waals surface area contributed by atoms with Crippen LogP contribution in [-0.4, -0.2) is 23.3 Å². The van der Waals surface area contributed by atoms with Crippen molar-refractivity contribution in [2.45, 2.75) is 19.8 Å². The number of aromatic nitrogens is 1. The van der Waals surface area contributed by atoms with Crippen molar-refractivity contribution >= 4 is 17.4 Å². The molecule has 0 bridgehead atoms. The van der Waals surface area contributed by atoms with E-state index in [1.165, 1.54) is 0 Å². The summed E-state index contributed by atoms with van der Waals surface area (Å²) >= 11 is 0. The summed E-state index contributed by atoms with van der Waals surface area (Å²) in [5.74, 6) is -0.980. The van der Waals surface area contributed by atoms with Gasteiger partial charge in [-0.1, -0.05) is 30.3 Å². The molecule has 1 aliphatic heterocycles. The molecule has 0 saturated carbocycles. The fourth-order valence-corrected chi connectivity index (χ4v) is 3.69. The van der Waals surface area contributed by atoms with Crippen LogP contribution in [0.5, 0.6) is 0 Å². The lowest BCUT2D eigenvalue weighted by molar-refractivity contribution is -0.138. The van der Waals surface area contributed by atoms with E-state index in [0.717, 1.165) is 16.8 Å². The van der Waals surface area contributed by atoms with Gasteiger partial charge in [-0.2, -0.15) is 0 Å². The Balaban J connectivity index is 1.93. The van der Waals surface area contributed by atoms with Gasteiger partial charge in [0.1, 0.15) is 0 Å². The van der Waals surface area contributed by atoms with Crippen LogP contribution in [0, 0.1) is 0 Å². The minimum absolute atomic E-state index is 0.0637. The van der Waals surface area contributed by atoms with Crippen molar-refractivity contribution in [3.05, 3.63) is 82.3 Å². The second-order valence-electron chi connectivity index (χ2n) is 6.27. The number of Topliss-reactive ketones (excluding diaryl/α,β-unsaturated/α-hetero) is 1. The summed E-state index contributed by atoms with van der Waals surface area (Å²) < 4.78 is 5.27. The summed E-state index contributed by atoms with van der Waals surface area (Å²) in [5.41, 5.74) is 4.81. The maximum atomic E-state index is 13.2. The number of hydrogen-bond acceptors (Lipinski definition) is 5. The van der Waals surface area contributed by atoms with Crippen LogP contribution in [0.4, 0.5) is 0 Å². The van der Waals surface area contributed by atoms with Gasteiger partial charge in [-0.3, -0.25) is 9.78 Å². The van der Waals surface area contributed by atoms with Crippen LogP contribution in [0.15, 0.2) is 65.6 Å². The number of benzene rings is 1. The monoisotopic (exact) mass is 346 g/mol. The lowest BCUT2D eigenvalue weighted by atomic mass is 9.80. The van der Waals surface area contributed by atoms with Gasteiger partial charge >= 0.3 is 5.97 Å². The zero-order valence-corrected chi connectivity index (χ0v) is 14.6. The van der Waals surface area contributed by atoms with Crippen molar-refractivity contribution < 1.29 is 14.3 Å². The van der Waals surface area contributed by atoms with Crippen molar-refractivity contribution in [2.24, 2.45) is 0 Å². The first-order valence-corrected chi connectivity index (χ1v) is 8.56. The molecule has 1 N–H and O–H groups in total. The number of nitrogens with zero attached hydrogens (tertiary/aromatic N) is 1. The number of nitrogens with one attached hydrogen (secondary N) is 1. The summed E-state index contributed by atoms with van der Waals surface area (Å²) in [6, 6.07) is 11.2. The van der Waals surface area contributed by atoms with Crippen LogP contribution in [0.2, 0.25) is 0 Å². The van der Waals surface area contributed by atoms with Gasteiger partial charge < -0.3 is 10.1 Å². The smallest absolute Gasteiger partial charge is 0.336 e. The molecule has 1 aliphatic carbocycles. The number of hydrogen-bond donors (Lipinski definition) is 1. The molecule has 1 atom stereocenters. The predicted molar refractivity (Wildman–Crippen MR) is 97.1 cm³/mol. The number of fused-ring (bicyclic) bond motifs is 2. The molecule has 26 heavy (non-hydrogen) atoms. The lowest BCUT2D eigenvalue weighted by Crippen LogP contribution is -2.29. The van der Waals surface area contributed by atoms with Crippen molar-refractivity contribution in [3.63, 3.8) is 0 Å².